The van der Waals surface area contributed by atoms with Gasteiger partial charge in [0.1, 0.15) is 5.82 Å². The summed E-state index contributed by atoms with van der Waals surface area (Å²) in [5.74, 6) is -1.36. The molecule has 0 saturated carbocycles. The summed E-state index contributed by atoms with van der Waals surface area (Å²) in [4.78, 5) is 12.0. The minimum atomic E-state index is -4.58. The molecule has 1 aromatic heterocycles. The Balaban J connectivity index is 2.01. The molecule has 0 unspecified atom stereocenters. The number of alkyl halides is 3. The first kappa shape index (κ1) is 19.9. The third kappa shape index (κ3) is 3.30. The van der Waals surface area contributed by atoms with Crippen molar-refractivity contribution >= 4 is 27.7 Å². The number of nitrogens with two attached hydrogens (primary N) is 1. The molecule has 4 aromatic rings. The lowest BCUT2D eigenvalue weighted by Gasteiger charge is -2.12. The van der Waals surface area contributed by atoms with Gasteiger partial charge in [-0.25, -0.2) is 4.39 Å². The zero-order valence-corrected chi connectivity index (χ0v) is 16.0. The molecule has 0 aliphatic heterocycles. The van der Waals surface area contributed by atoms with Gasteiger partial charge in [-0.05, 0) is 54.4 Å². The summed E-state index contributed by atoms with van der Waals surface area (Å²) in [6.45, 7) is 1.82. The van der Waals surface area contributed by atoms with Crippen molar-refractivity contribution in [3.8, 4) is 0 Å². The molecule has 0 spiro atoms. The number of benzene rings is 3. The Hall–Kier alpha value is -3.35. The van der Waals surface area contributed by atoms with Crippen LogP contribution in [0.3, 0.4) is 0 Å². The molecule has 3 nitrogen and oxygen atoms in total. The van der Waals surface area contributed by atoms with Gasteiger partial charge in [-0.2, -0.15) is 13.2 Å². The van der Waals surface area contributed by atoms with E-state index in [2.05, 4.69) is 6.07 Å². The van der Waals surface area contributed by atoms with E-state index in [0.29, 0.717) is 28.2 Å². The number of rotatable bonds is 4. The van der Waals surface area contributed by atoms with Crippen LogP contribution < -0.4 is 5.73 Å². The number of halogens is 4. The molecule has 0 fully saturated rings. The van der Waals surface area contributed by atoms with Crippen LogP contribution in [0.15, 0.2) is 48.5 Å². The average Bonchev–Trinajstić information content (AvgIpc) is 3.01. The highest BCUT2D eigenvalue weighted by Crippen LogP contribution is 2.34. The van der Waals surface area contributed by atoms with Crippen molar-refractivity contribution in [1.29, 1.82) is 0 Å². The summed E-state index contributed by atoms with van der Waals surface area (Å²) in [5, 5.41) is 1.17. The van der Waals surface area contributed by atoms with Crippen molar-refractivity contribution < 1.29 is 22.4 Å². The van der Waals surface area contributed by atoms with Crippen LogP contribution in [-0.4, -0.2) is 10.5 Å². The van der Waals surface area contributed by atoms with E-state index in [9.17, 15) is 22.4 Å². The van der Waals surface area contributed by atoms with Crippen LogP contribution in [0.1, 0.15) is 34.0 Å². The number of hydrogen-bond donors (Lipinski definition) is 1. The molecule has 0 aliphatic rings. The van der Waals surface area contributed by atoms with Crippen molar-refractivity contribution in [2.75, 3.05) is 0 Å². The lowest BCUT2D eigenvalue weighted by atomic mass is 10.0. The Labute approximate surface area is 169 Å². The van der Waals surface area contributed by atoms with E-state index in [-0.39, 0.29) is 17.7 Å². The van der Waals surface area contributed by atoms with Crippen LogP contribution in [0.25, 0.3) is 21.8 Å². The van der Waals surface area contributed by atoms with Gasteiger partial charge in [-0.1, -0.05) is 19.1 Å². The molecule has 153 valence electrons. The summed E-state index contributed by atoms with van der Waals surface area (Å²) < 4.78 is 55.6. The van der Waals surface area contributed by atoms with E-state index in [1.54, 1.807) is 28.8 Å². The maximum Gasteiger partial charge on any atom is 0.416 e. The first-order valence-electron chi connectivity index (χ1n) is 9.31. The molecular formula is C23H17F4N2O. The lowest BCUT2D eigenvalue weighted by Crippen LogP contribution is -2.11. The summed E-state index contributed by atoms with van der Waals surface area (Å²) in [5.41, 5.74) is 6.97. The van der Waals surface area contributed by atoms with Gasteiger partial charge in [-0.15, -0.1) is 0 Å². The number of amides is 1. The summed E-state index contributed by atoms with van der Waals surface area (Å²) >= 11 is 0. The number of aryl methyl sites for hydroxylation is 1. The molecule has 0 atom stereocenters. The highest BCUT2D eigenvalue weighted by atomic mass is 19.4. The molecule has 4 rings (SSSR count). The predicted molar refractivity (Wildman–Crippen MR) is 107 cm³/mol. The zero-order valence-electron chi connectivity index (χ0n) is 16.0. The van der Waals surface area contributed by atoms with E-state index < -0.39 is 23.5 Å². The Morgan fingerprint density at radius 2 is 1.90 bits per heavy atom. The van der Waals surface area contributed by atoms with Gasteiger partial charge >= 0.3 is 6.18 Å². The van der Waals surface area contributed by atoms with Crippen LogP contribution in [0.5, 0.6) is 0 Å². The molecule has 30 heavy (non-hydrogen) atoms. The van der Waals surface area contributed by atoms with Crippen molar-refractivity contribution in [3.63, 3.8) is 0 Å². The molecule has 0 saturated heterocycles. The van der Waals surface area contributed by atoms with Gasteiger partial charge in [0.05, 0.1) is 23.1 Å². The maximum atomic E-state index is 14.4. The minimum absolute atomic E-state index is 0.102. The highest BCUT2D eigenvalue weighted by Gasteiger charge is 2.31. The summed E-state index contributed by atoms with van der Waals surface area (Å²) in [6.07, 6.45) is -3.86. The average molecular weight is 413 g/mol. The van der Waals surface area contributed by atoms with E-state index in [1.165, 1.54) is 0 Å². The molecule has 1 radical (unpaired) electrons. The fourth-order valence-corrected chi connectivity index (χ4v) is 3.72. The monoisotopic (exact) mass is 413 g/mol. The standard InChI is InChI=1S/C23H17F4N2O/c1-2-13-6-8-16-20(10-13)29(19-5-3-4-17(21(16)19)22(28)30)12-14-11-15(23(25,26)27)7-9-18(14)24/h3-7,9-11H,2,12H2,1H3,(H2,28,30). The molecule has 2 N–H and O–H groups in total. The van der Waals surface area contributed by atoms with E-state index in [0.717, 1.165) is 23.8 Å². The van der Waals surface area contributed by atoms with Crippen LogP contribution >= 0.6 is 0 Å². The lowest BCUT2D eigenvalue weighted by molar-refractivity contribution is -0.137. The van der Waals surface area contributed by atoms with E-state index in [1.807, 2.05) is 13.0 Å². The van der Waals surface area contributed by atoms with Crippen molar-refractivity contribution in [2.24, 2.45) is 5.73 Å². The van der Waals surface area contributed by atoms with Crippen molar-refractivity contribution in [3.05, 3.63) is 82.7 Å². The van der Waals surface area contributed by atoms with Crippen LogP contribution in [0.2, 0.25) is 0 Å². The molecule has 7 heteroatoms. The van der Waals surface area contributed by atoms with Gasteiger partial charge in [0.25, 0.3) is 0 Å². The van der Waals surface area contributed by atoms with Gasteiger partial charge < -0.3 is 10.3 Å². The molecule has 0 bridgehead atoms. The molecular weight excluding hydrogens is 396 g/mol. The van der Waals surface area contributed by atoms with Crippen LogP contribution in [0, 0.1) is 11.9 Å². The second kappa shape index (κ2) is 7.16. The fraction of sp³-hybridized carbons (Fsp3) is 0.174. The van der Waals surface area contributed by atoms with Crippen LogP contribution in [0.4, 0.5) is 17.6 Å². The molecule has 1 heterocycles. The topological polar surface area (TPSA) is 48.0 Å². The minimum Gasteiger partial charge on any atom is -0.366 e. The number of carbonyl (C=O) groups is 1. The zero-order chi connectivity index (χ0) is 21.6. The molecule has 0 aliphatic carbocycles. The number of hydrogen-bond acceptors (Lipinski definition) is 1. The fourth-order valence-electron chi connectivity index (χ4n) is 3.72. The number of aromatic nitrogens is 1. The van der Waals surface area contributed by atoms with Gasteiger partial charge in [-0.3, -0.25) is 4.79 Å². The Kier molecular flexibility index (Phi) is 4.76. The predicted octanol–water partition coefficient (Wildman–Crippen LogP) is 5.46. The highest BCUT2D eigenvalue weighted by molar-refractivity contribution is 6.17. The Bertz CT molecular complexity index is 1290. The summed E-state index contributed by atoms with van der Waals surface area (Å²) in [7, 11) is 0. The largest absolute Gasteiger partial charge is 0.416 e. The van der Waals surface area contributed by atoms with Crippen molar-refractivity contribution in [1.82, 2.24) is 4.57 Å². The molecule has 1 amide bonds. The Morgan fingerprint density at radius 1 is 1.13 bits per heavy atom. The Morgan fingerprint density at radius 3 is 2.57 bits per heavy atom. The quantitative estimate of drug-likeness (QED) is 0.444. The first-order valence-corrected chi connectivity index (χ1v) is 9.31. The van der Waals surface area contributed by atoms with E-state index >= 15 is 0 Å². The SMILES string of the molecule is CCc1c[c]c2c3c(C(N)=O)cccc3n(Cc3cc(C(F)(F)F)ccc3F)c2c1. The number of fused-ring (bicyclic) bond motifs is 3. The second-order valence-electron chi connectivity index (χ2n) is 7.08. The smallest absolute Gasteiger partial charge is 0.366 e. The second-order valence-corrected chi connectivity index (χ2v) is 7.08. The summed E-state index contributed by atoms with van der Waals surface area (Å²) in [6, 6.07) is 14.2. The van der Waals surface area contributed by atoms with Gasteiger partial charge in [0.15, 0.2) is 0 Å². The maximum absolute atomic E-state index is 14.4. The number of primary amides is 1. The molecule has 3 aromatic carbocycles. The number of nitrogens with zero attached hydrogens (tertiary/aromatic N) is 1. The third-order valence-electron chi connectivity index (χ3n) is 5.23. The van der Waals surface area contributed by atoms with Gasteiger partial charge in [0, 0.05) is 21.9 Å². The third-order valence-corrected chi connectivity index (χ3v) is 5.23. The van der Waals surface area contributed by atoms with E-state index in [4.69, 9.17) is 5.73 Å². The number of carbonyl (C=O) groups excluding carboxylic acids is 1. The van der Waals surface area contributed by atoms with Gasteiger partial charge in [0.2, 0.25) is 5.91 Å². The van der Waals surface area contributed by atoms with Crippen LogP contribution in [-0.2, 0) is 19.1 Å². The normalized spacial score (nSPS) is 12.0. The first-order chi connectivity index (χ1) is 14.2. The van der Waals surface area contributed by atoms with Crippen molar-refractivity contribution in [2.45, 2.75) is 26.1 Å².